The summed E-state index contributed by atoms with van der Waals surface area (Å²) in [6.07, 6.45) is 2.86. The van der Waals surface area contributed by atoms with Gasteiger partial charge in [-0.15, -0.1) is 5.10 Å². The molecule has 90 valence electrons. The van der Waals surface area contributed by atoms with Crippen LogP contribution >= 0.6 is 23.1 Å². The van der Waals surface area contributed by atoms with Crippen LogP contribution in [0.25, 0.3) is 0 Å². The zero-order valence-electron chi connectivity index (χ0n) is 8.96. The number of methoxy groups -OCH3 is 1. The summed E-state index contributed by atoms with van der Waals surface area (Å²) in [4.78, 5) is 12.6. The second-order valence-corrected chi connectivity index (χ2v) is 4.36. The minimum Gasteiger partial charge on any atom is -0.383 e. The third-order valence-electron chi connectivity index (χ3n) is 2.10. The highest BCUT2D eigenvalue weighted by molar-refractivity contribution is 7.08. The molecule has 2 heterocycles. The van der Waals surface area contributed by atoms with E-state index in [1.54, 1.807) is 7.11 Å². The summed E-state index contributed by atoms with van der Waals surface area (Å²) in [5.41, 5.74) is 0.342. The molecule has 0 aliphatic rings. The van der Waals surface area contributed by atoms with Crippen molar-refractivity contribution in [1.29, 1.82) is 0 Å². The average Bonchev–Trinajstić information content (AvgIpc) is 2.95. The Morgan fingerprint density at radius 3 is 3.06 bits per heavy atom. The van der Waals surface area contributed by atoms with Crippen LogP contribution in [0, 0.1) is 0 Å². The van der Waals surface area contributed by atoms with Crippen LogP contribution in [-0.4, -0.2) is 38.9 Å². The second-order valence-electron chi connectivity index (χ2n) is 3.17. The highest BCUT2D eigenvalue weighted by Crippen LogP contribution is 2.20. The lowest BCUT2D eigenvalue weighted by atomic mass is 10.2. The van der Waals surface area contributed by atoms with E-state index in [0.29, 0.717) is 28.7 Å². The molecule has 0 saturated heterocycles. The second kappa shape index (κ2) is 5.35. The maximum atomic E-state index is 12.1. The molecule has 0 bridgehead atoms. The van der Waals surface area contributed by atoms with Gasteiger partial charge < -0.3 is 4.74 Å². The van der Waals surface area contributed by atoms with Crippen molar-refractivity contribution in [3.63, 3.8) is 0 Å². The van der Waals surface area contributed by atoms with Gasteiger partial charge in [0.1, 0.15) is 10.6 Å². The van der Waals surface area contributed by atoms with Gasteiger partial charge in [-0.1, -0.05) is 16.1 Å². The number of carbonyl (C=O) groups is 1. The maximum Gasteiger partial charge on any atom is 0.225 e. The molecule has 6 nitrogen and oxygen atoms in total. The van der Waals surface area contributed by atoms with Gasteiger partial charge >= 0.3 is 0 Å². The molecule has 0 spiro atoms. The van der Waals surface area contributed by atoms with E-state index in [4.69, 9.17) is 16.3 Å². The van der Waals surface area contributed by atoms with Crippen LogP contribution < -0.4 is 0 Å². The predicted octanol–water partition coefficient (Wildman–Crippen LogP) is 1.27. The third-order valence-corrected chi connectivity index (χ3v) is 3.04. The number of ether oxygens (including phenoxy) is 1. The Bertz CT molecular complexity index is 511. The molecule has 8 heteroatoms. The fourth-order valence-corrected chi connectivity index (χ4v) is 2.00. The standard InChI is InChI=1S/C9H9ClN4O2S/c1-16-3-2-14-8(6(10)4-12-14)9(15)7-5-11-13-17-7/h4-5H,2-3H2,1H3. The summed E-state index contributed by atoms with van der Waals surface area (Å²) in [6.45, 7) is 0.926. The molecule has 0 saturated carbocycles. The Kier molecular flexibility index (Phi) is 3.82. The molecule has 0 amide bonds. The lowest BCUT2D eigenvalue weighted by Crippen LogP contribution is -2.14. The van der Waals surface area contributed by atoms with Gasteiger partial charge in [-0.05, 0) is 11.5 Å². The van der Waals surface area contributed by atoms with Gasteiger partial charge in [-0.25, -0.2) is 0 Å². The van der Waals surface area contributed by atoms with Gasteiger partial charge in [0.25, 0.3) is 0 Å². The van der Waals surface area contributed by atoms with E-state index in [1.807, 2.05) is 0 Å². The van der Waals surface area contributed by atoms with Gasteiger partial charge in [0.2, 0.25) is 5.78 Å². The van der Waals surface area contributed by atoms with Crippen molar-refractivity contribution in [3.05, 3.63) is 28.0 Å². The number of ketones is 1. The maximum absolute atomic E-state index is 12.1. The fourth-order valence-electron chi connectivity index (χ4n) is 1.32. The zero-order chi connectivity index (χ0) is 12.3. The molecule has 0 aliphatic heterocycles. The van der Waals surface area contributed by atoms with Crippen LogP contribution in [0.4, 0.5) is 0 Å². The molecule has 2 rings (SSSR count). The molecule has 0 atom stereocenters. The van der Waals surface area contributed by atoms with Crippen molar-refractivity contribution >= 4 is 28.9 Å². The Hall–Kier alpha value is -1.31. The summed E-state index contributed by atoms with van der Waals surface area (Å²) < 4.78 is 10.1. The van der Waals surface area contributed by atoms with Crippen molar-refractivity contribution in [1.82, 2.24) is 19.4 Å². The Morgan fingerprint density at radius 1 is 1.59 bits per heavy atom. The highest BCUT2D eigenvalue weighted by atomic mass is 35.5. The van der Waals surface area contributed by atoms with Crippen LogP contribution in [0.15, 0.2) is 12.4 Å². The van der Waals surface area contributed by atoms with Crippen molar-refractivity contribution in [2.75, 3.05) is 13.7 Å². The topological polar surface area (TPSA) is 69.9 Å². The van der Waals surface area contributed by atoms with Crippen LogP contribution in [0.3, 0.4) is 0 Å². The molecule has 17 heavy (non-hydrogen) atoms. The first-order valence-electron chi connectivity index (χ1n) is 4.76. The molecular weight excluding hydrogens is 264 g/mol. The monoisotopic (exact) mass is 272 g/mol. The Balaban J connectivity index is 2.31. The number of halogens is 1. The van der Waals surface area contributed by atoms with Crippen LogP contribution in [0.1, 0.15) is 15.4 Å². The molecule has 2 aromatic heterocycles. The van der Waals surface area contributed by atoms with E-state index in [2.05, 4.69) is 14.7 Å². The van der Waals surface area contributed by atoms with E-state index in [-0.39, 0.29) is 5.78 Å². The normalized spacial score (nSPS) is 10.7. The number of aromatic nitrogens is 4. The van der Waals surface area contributed by atoms with Crippen molar-refractivity contribution < 1.29 is 9.53 Å². The van der Waals surface area contributed by atoms with Gasteiger partial charge in [-0.3, -0.25) is 9.48 Å². The van der Waals surface area contributed by atoms with Gasteiger partial charge in [0.05, 0.1) is 30.6 Å². The predicted molar refractivity (Wildman–Crippen MR) is 62.5 cm³/mol. The number of hydrogen-bond acceptors (Lipinski definition) is 6. The van der Waals surface area contributed by atoms with Crippen LogP contribution in [0.2, 0.25) is 5.02 Å². The number of hydrogen-bond donors (Lipinski definition) is 0. The minimum absolute atomic E-state index is 0.224. The van der Waals surface area contributed by atoms with E-state index >= 15 is 0 Å². The molecule has 2 aromatic rings. The lowest BCUT2D eigenvalue weighted by Gasteiger charge is -2.04. The molecule has 0 N–H and O–H groups in total. The first-order valence-corrected chi connectivity index (χ1v) is 5.91. The Labute approximate surface area is 106 Å². The van der Waals surface area contributed by atoms with E-state index in [1.165, 1.54) is 17.1 Å². The molecule has 0 unspecified atom stereocenters. The van der Waals surface area contributed by atoms with E-state index < -0.39 is 0 Å². The number of nitrogens with zero attached hydrogens (tertiary/aromatic N) is 4. The number of rotatable bonds is 5. The first kappa shape index (κ1) is 12.2. The minimum atomic E-state index is -0.224. The van der Waals surface area contributed by atoms with Crippen molar-refractivity contribution in [3.8, 4) is 0 Å². The van der Waals surface area contributed by atoms with E-state index in [0.717, 1.165) is 11.5 Å². The summed E-state index contributed by atoms with van der Waals surface area (Å²) in [5.74, 6) is -0.224. The van der Waals surface area contributed by atoms with Gasteiger partial charge in [0, 0.05) is 7.11 Å². The van der Waals surface area contributed by atoms with Gasteiger partial charge in [-0.2, -0.15) is 5.10 Å². The zero-order valence-corrected chi connectivity index (χ0v) is 10.5. The summed E-state index contributed by atoms with van der Waals surface area (Å²) in [5, 5.41) is 7.98. The molecule has 0 fully saturated rings. The summed E-state index contributed by atoms with van der Waals surface area (Å²) in [7, 11) is 1.58. The fraction of sp³-hybridized carbons (Fsp3) is 0.333. The Morgan fingerprint density at radius 2 is 2.41 bits per heavy atom. The largest absolute Gasteiger partial charge is 0.383 e. The smallest absolute Gasteiger partial charge is 0.225 e. The van der Waals surface area contributed by atoms with Crippen LogP contribution in [-0.2, 0) is 11.3 Å². The number of carbonyl (C=O) groups excluding carboxylic acids is 1. The first-order chi connectivity index (χ1) is 8.24. The van der Waals surface area contributed by atoms with E-state index in [9.17, 15) is 4.79 Å². The molecule has 0 aromatic carbocycles. The molecule has 0 aliphatic carbocycles. The molecule has 0 radical (unpaired) electrons. The lowest BCUT2D eigenvalue weighted by molar-refractivity contribution is 0.102. The van der Waals surface area contributed by atoms with Crippen molar-refractivity contribution in [2.45, 2.75) is 6.54 Å². The third kappa shape index (κ3) is 2.51. The SMILES string of the molecule is COCCn1ncc(Cl)c1C(=O)c1cnns1. The molecular formula is C9H9ClN4O2S. The highest BCUT2D eigenvalue weighted by Gasteiger charge is 2.20. The average molecular weight is 273 g/mol. The van der Waals surface area contributed by atoms with Gasteiger partial charge in [0.15, 0.2) is 0 Å². The van der Waals surface area contributed by atoms with Crippen molar-refractivity contribution in [2.24, 2.45) is 0 Å². The summed E-state index contributed by atoms with van der Waals surface area (Å²) >= 11 is 6.98. The quantitative estimate of drug-likeness (QED) is 0.767. The van der Waals surface area contributed by atoms with Crippen LogP contribution in [0.5, 0.6) is 0 Å². The summed E-state index contributed by atoms with van der Waals surface area (Å²) in [6, 6.07) is 0.